The zero-order chi connectivity index (χ0) is 23.3. The number of phosphoric acid groups is 1. The van der Waals surface area contributed by atoms with Crippen molar-refractivity contribution < 1.29 is 48.1 Å². The summed E-state index contributed by atoms with van der Waals surface area (Å²) >= 11 is 0. The van der Waals surface area contributed by atoms with E-state index in [2.05, 4.69) is 24.3 Å². The third kappa shape index (κ3) is 7.33. The van der Waals surface area contributed by atoms with Gasteiger partial charge < -0.3 is 13.9 Å². The molecule has 0 saturated heterocycles. The van der Waals surface area contributed by atoms with E-state index in [1.165, 1.54) is 11.1 Å². The van der Waals surface area contributed by atoms with Crippen LogP contribution in [0, 0.1) is 13.8 Å². The Labute approximate surface area is 223 Å². The Bertz CT molecular complexity index is 1180. The van der Waals surface area contributed by atoms with Gasteiger partial charge in [-0.15, -0.1) is 0 Å². The van der Waals surface area contributed by atoms with Gasteiger partial charge in [-0.1, -0.05) is 78.9 Å². The van der Waals surface area contributed by atoms with Crippen LogP contribution in [0.4, 0.5) is 0 Å². The molecule has 0 radical (unpaired) electrons. The molecule has 168 valence electrons. The summed E-state index contributed by atoms with van der Waals surface area (Å²) in [6.45, 7) is 3.76. The van der Waals surface area contributed by atoms with Crippen LogP contribution >= 0.6 is 7.82 Å². The van der Waals surface area contributed by atoms with Gasteiger partial charge in [-0.3, -0.25) is 0 Å². The molecule has 0 N–H and O–H groups in total. The van der Waals surface area contributed by atoms with Crippen LogP contribution in [0.15, 0.2) is 103 Å². The first-order chi connectivity index (χ1) is 15.9. The molecule has 0 aliphatic heterocycles. The largest absolute Gasteiger partial charge is 1.00 e. The third-order valence-corrected chi connectivity index (χ3v) is 6.27. The maximum Gasteiger partial charge on any atom is 1.00 e. The van der Waals surface area contributed by atoms with Gasteiger partial charge in [0.25, 0.3) is 0 Å². The minimum absolute atomic E-state index is 0. The van der Waals surface area contributed by atoms with Crippen molar-refractivity contribution >= 4 is 7.82 Å². The van der Waals surface area contributed by atoms with Crippen LogP contribution in [0.25, 0.3) is 0 Å². The molecule has 4 rings (SSSR count). The van der Waals surface area contributed by atoms with Crippen molar-refractivity contribution in [3.05, 3.63) is 131 Å². The van der Waals surface area contributed by atoms with E-state index >= 15 is 0 Å². The molecule has 0 fully saturated rings. The SMILES string of the molecule is Cc1cc(C)cc(OP(=O)([O-])Oc2ccc(CC(c3ccccc3)c3ccccc3)cc2)c1.[Na+]. The average molecular weight is 480 g/mol. The standard InChI is InChI=1S/C28H27O4P.Na/c1-21-17-22(2)19-27(18-21)32-33(29,30)31-26-15-13-23(14-16-26)20-28(24-9-5-3-6-10-24)25-11-7-4-8-12-25;/h3-19,28H,20H2,1-2H3,(H,29,30);/q;+1/p-1. The van der Waals surface area contributed by atoms with Crippen LogP contribution in [0.1, 0.15) is 33.7 Å². The first kappa shape index (κ1) is 26.3. The van der Waals surface area contributed by atoms with Gasteiger partial charge in [-0.2, -0.15) is 0 Å². The van der Waals surface area contributed by atoms with Gasteiger partial charge in [0, 0.05) is 5.92 Å². The quantitative estimate of drug-likeness (QED) is 0.286. The number of rotatable bonds is 8. The van der Waals surface area contributed by atoms with Gasteiger partial charge >= 0.3 is 37.4 Å². The molecule has 0 spiro atoms. The van der Waals surface area contributed by atoms with Crippen molar-refractivity contribution in [3.63, 3.8) is 0 Å². The van der Waals surface area contributed by atoms with E-state index in [1.807, 2.05) is 68.4 Å². The second kappa shape index (κ2) is 11.9. The van der Waals surface area contributed by atoms with Gasteiger partial charge in [0.05, 0.1) is 0 Å². The Balaban J connectivity index is 0.00000324. The molecule has 1 unspecified atom stereocenters. The Morgan fingerprint density at radius 2 is 1.18 bits per heavy atom. The van der Waals surface area contributed by atoms with Crippen molar-refractivity contribution in [3.8, 4) is 11.5 Å². The first-order valence-electron chi connectivity index (χ1n) is 10.9. The zero-order valence-electron chi connectivity index (χ0n) is 19.7. The number of hydrogen-bond acceptors (Lipinski definition) is 4. The van der Waals surface area contributed by atoms with Gasteiger partial charge in [-0.25, -0.2) is 4.57 Å². The monoisotopic (exact) mass is 480 g/mol. The molecule has 4 aromatic rings. The maximum absolute atomic E-state index is 12.4. The molecule has 4 nitrogen and oxygen atoms in total. The van der Waals surface area contributed by atoms with Gasteiger partial charge in [0.1, 0.15) is 11.5 Å². The van der Waals surface area contributed by atoms with Crippen LogP contribution < -0.4 is 43.5 Å². The zero-order valence-corrected chi connectivity index (χ0v) is 22.6. The van der Waals surface area contributed by atoms with Crippen molar-refractivity contribution in [1.82, 2.24) is 0 Å². The average Bonchev–Trinajstić information content (AvgIpc) is 2.78. The summed E-state index contributed by atoms with van der Waals surface area (Å²) in [5.74, 6) is 0.658. The fourth-order valence-electron chi connectivity index (χ4n) is 3.98. The van der Waals surface area contributed by atoms with Crippen LogP contribution in [0.2, 0.25) is 0 Å². The summed E-state index contributed by atoms with van der Waals surface area (Å²) in [7, 11) is -4.56. The minimum atomic E-state index is -4.56. The van der Waals surface area contributed by atoms with E-state index < -0.39 is 7.82 Å². The van der Waals surface area contributed by atoms with Crippen LogP contribution in [-0.4, -0.2) is 0 Å². The summed E-state index contributed by atoms with van der Waals surface area (Å²) in [5, 5.41) is 0. The summed E-state index contributed by atoms with van der Waals surface area (Å²) in [5.41, 5.74) is 5.38. The van der Waals surface area contributed by atoms with Crippen molar-refractivity contribution in [1.29, 1.82) is 0 Å². The molecule has 0 aliphatic carbocycles. The Morgan fingerprint density at radius 3 is 1.68 bits per heavy atom. The summed E-state index contributed by atoms with van der Waals surface area (Å²) < 4.78 is 22.8. The summed E-state index contributed by atoms with van der Waals surface area (Å²) in [6, 6.07) is 33.1. The van der Waals surface area contributed by atoms with Gasteiger partial charge in [0.2, 0.25) is 0 Å². The maximum atomic E-state index is 12.4. The van der Waals surface area contributed by atoms with E-state index in [0.717, 1.165) is 23.1 Å². The first-order valence-corrected chi connectivity index (χ1v) is 12.3. The molecule has 0 aromatic heterocycles. The predicted octanol–water partition coefficient (Wildman–Crippen LogP) is 3.61. The molecular formula is C28H26NaO4P. The molecule has 4 aromatic carbocycles. The van der Waals surface area contributed by atoms with E-state index in [0.29, 0.717) is 0 Å². The normalized spacial score (nSPS) is 12.5. The van der Waals surface area contributed by atoms with Crippen molar-refractivity contribution in [2.75, 3.05) is 0 Å². The third-order valence-electron chi connectivity index (χ3n) is 5.40. The van der Waals surface area contributed by atoms with E-state index in [-0.39, 0.29) is 47.0 Å². The fraction of sp³-hybridized carbons (Fsp3) is 0.143. The summed E-state index contributed by atoms with van der Waals surface area (Å²) in [4.78, 5) is 12.4. The molecule has 0 bridgehead atoms. The fourth-order valence-corrected chi connectivity index (χ4v) is 4.76. The molecule has 34 heavy (non-hydrogen) atoms. The molecule has 6 heteroatoms. The molecule has 0 saturated carbocycles. The molecule has 0 aliphatic rings. The van der Waals surface area contributed by atoms with Crippen LogP contribution in [-0.2, 0) is 11.0 Å². The Morgan fingerprint density at radius 1 is 0.706 bits per heavy atom. The number of phosphoric ester groups is 1. The second-order valence-electron chi connectivity index (χ2n) is 8.18. The molecule has 1 atom stereocenters. The van der Waals surface area contributed by atoms with Gasteiger partial charge in [0.15, 0.2) is 0 Å². The van der Waals surface area contributed by atoms with Crippen LogP contribution in [0.3, 0.4) is 0 Å². The van der Waals surface area contributed by atoms with E-state index in [9.17, 15) is 9.46 Å². The predicted molar refractivity (Wildman–Crippen MR) is 130 cm³/mol. The minimum Gasteiger partial charge on any atom is -0.736 e. The van der Waals surface area contributed by atoms with E-state index in [4.69, 9.17) is 9.05 Å². The van der Waals surface area contributed by atoms with Crippen molar-refractivity contribution in [2.24, 2.45) is 0 Å². The Hall–Kier alpha value is -2.33. The van der Waals surface area contributed by atoms with Crippen molar-refractivity contribution in [2.45, 2.75) is 26.2 Å². The smallest absolute Gasteiger partial charge is 0.736 e. The Kier molecular flexibility index (Phi) is 9.18. The van der Waals surface area contributed by atoms with Gasteiger partial charge in [-0.05, 0) is 72.4 Å². The molecule has 0 heterocycles. The summed E-state index contributed by atoms with van der Waals surface area (Å²) in [6.07, 6.45) is 0.780. The van der Waals surface area contributed by atoms with Crippen LogP contribution in [0.5, 0.6) is 11.5 Å². The topological polar surface area (TPSA) is 58.6 Å². The molecule has 0 amide bonds. The number of aryl methyl sites for hydroxylation is 2. The second-order valence-corrected chi connectivity index (χ2v) is 9.43. The van der Waals surface area contributed by atoms with E-state index in [1.54, 1.807) is 24.3 Å². The number of benzene rings is 4. The number of hydrogen-bond donors (Lipinski definition) is 0. The molecular weight excluding hydrogens is 454 g/mol.